The quantitative estimate of drug-likeness (QED) is 0.398. The molecule has 6 nitrogen and oxygen atoms in total. The van der Waals surface area contributed by atoms with Crippen LogP contribution in [0, 0.1) is 0 Å². The van der Waals surface area contributed by atoms with Gasteiger partial charge in [-0.05, 0) is 47.5 Å². The van der Waals surface area contributed by atoms with Crippen molar-refractivity contribution in [2.45, 2.75) is 0 Å². The van der Waals surface area contributed by atoms with E-state index >= 15 is 0 Å². The molecule has 114 valence electrons. The zero-order chi connectivity index (χ0) is 16.0. The summed E-state index contributed by atoms with van der Waals surface area (Å²) in [5, 5.41) is 0.967. The van der Waals surface area contributed by atoms with Gasteiger partial charge < -0.3 is 0 Å². The number of nitrogens with zero attached hydrogens (tertiary/aromatic N) is 6. The van der Waals surface area contributed by atoms with E-state index in [9.17, 15) is 0 Å². The SMILES string of the molecule is Clc1ccc(-n2c(Cl)nc3c(-n4ccnc4)nc(Cl)nc32)cc1. The molecule has 0 amide bonds. The molecule has 0 aliphatic heterocycles. The van der Waals surface area contributed by atoms with Crippen molar-refractivity contribution in [3.63, 3.8) is 0 Å². The van der Waals surface area contributed by atoms with Crippen LogP contribution in [0.2, 0.25) is 15.6 Å². The van der Waals surface area contributed by atoms with Crippen molar-refractivity contribution < 1.29 is 0 Å². The van der Waals surface area contributed by atoms with E-state index in [4.69, 9.17) is 34.8 Å². The molecule has 23 heavy (non-hydrogen) atoms. The van der Waals surface area contributed by atoms with Gasteiger partial charge in [0.2, 0.25) is 10.6 Å². The standard InChI is InChI=1S/C14H7Cl3N6/c15-8-1-3-9(4-2-8)23-12-10(19-14(23)17)11(20-13(16)21-12)22-6-5-18-7-22/h1-7H. The average molecular weight is 366 g/mol. The number of imidazole rings is 2. The van der Waals surface area contributed by atoms with Crippen molar-refractivity contribution in [2.75, 3.05) is 0 Å². The number of fused-ring (bicyclic) bond motifs is 1. The Balaban J connectivity index is 2.03. The third kappa shape index (κ3) is 2.45. The maximum atomic E-state index is 6.31. The summed E-state index contributed by atoms with van der Waals surface area (Å²) in [5.41, 5.74) is 1.79. The smallest absolute Gasteiger partial charge is 0.226 e. The minimum Gasteiger partial charge on any atom is -0.288 e. The predicted molar refractivity (Wildman–Crippen MR) is 88.8 cm³/mol. The Morgan fingerprint density at radius 3 is 2.39 bits per heavy atom. The number of hydrogen-bond acceptors (Lipinski definition) is 4. The second kappa shape index (κ2) is 5.49. The van der Waals surface area contributed by atoms with Crippen LogP contribution in [0.4, 0.5) is 0 Å². The van der Waals surface area contributed by atoms with Crippen LogP contribution in [0.25, 0.3) is 22.7 Å². The van der Waals surface area contributed by atoms with Crippen LogP contribution in [-0.2, 0) is 0 Å². The van der Waals surface area contributed by atoms with Gasteiger partial charge in [-0.1, -0.05) is 11.6 Å². The lowest BCUT2D eigenvalue weighted by Gasteiger charge is -2.06. The molecule has 4 aromatic rings. The first-order valence-electron chi connectivity index (χ1n) is 6.49. The van der Waals surface area contributed by atoms with Gasteiger partial charge in [0.05, 0.1) is 5.69 Å². The van der Waals surface area contributed by atoms with Gasteiger partial charge in [-0.15, -0.1) is 0 Å². The monoisotopic (exact) mass is 364 g/mol. The summed E-state index contributed by atoms with van der Waals surface area (Å²) < 4.78 is 3.38. The van der Waals surface area contributed by atoms with Crippen molar-refractivity contribution >= 4 is 46.0 Å². The second-order valence-corrected chi connectivity index (χ2v) is 5.76. The maximum Gasteiger partial charge on any atom is 0.226 e. The van der Waals surface area contributed by atoms with Crippen molar-refractivity contribution in [3.8, 4) is 11.5 Å². The van der Waals surface area contributed by atoms with Crippen LogP contribution < -0.4 is 0 Å². The predicted octanol–water partition coefficient (Wildman–Crippen LogP) is 3.96. The Morgan fingerprint density at radius 1 is 0.913 bits per heavy atom. The zero-order valence-electron chi connectivity index (χ0n) is 11.4. The molecule has 9 heteroatoms. The largest absolute Gasteiger partial charge is 0.288 e. The van der Waals surface area contributed by atoms with E-state index in [1.165, 1.54) is 0 Å². The van der Waals surface area contributed by atoms with Crippen LogP contribution >= 0.6 is 34.8 Å². The first-order valence-corrected chi connectivity index (χ1v) is 7.62. The zero-order valence-corrected chi connectivity index (χ0v) is 13.6. The molecule has 0 atom stereocenters. The molecule has 4 rings (SSSR count). The molecule has 0 N–H and O–H groups in total. The Hall–Kier alpha value is -2.15. The van der Waals surface area contributed by atoms with Crippen LogP contribution in [0.5, 0.6) is 0 Å². The van der Waals surface area contributed by atoms with Gasteiger partial charge in [0.15, 0.2) is 17.0 Å². The lowest BCUT2D eigenvalue weighted by atomic mass is 10.3. The lowest BCUT2D eigenvalue weighted by Crippen LogP contribution is -2.01. The third-order valence-electron chi connectivity index (χ3n) is 3.25. The number of rotatable bonds is 2. The molecule has 0 unspecified atom stereocenters. The van der Waals surface area contributed by atoms with E-state index in [1.54, 1.807) is 40.0 Å². The maximum absolute atomic E-state index is 6.31. The molecule has 0 spiro atoms. The Bertz CT molecular complexity index is 992. The van der Waals surface area contributed by atoms with Crippen LogP contribution in [-0.4, -0.2) is 29.1 Å². The molecule has 1 aromatic carbocycles. The molecule has 0 fully saturated rings. The number of hydrogen-bond donors (Lipinski definition) is 0. The van der Waals surface area contributed by atoms with E-state index < -0.39 is 0 Å². The highest BCUT2D eigenvalue weighted by Crippen LogP contribution is 2.28. The van der Waals surface area contributed by atoms with Crippen LogP contribution in [0.15, 0.2) is 43.0 Å². The highest BCUT2D eigenvalue weighted by Gasteiger charge is 2.18. The molecule has 0 aliphatic carbocycles. The number of aromatic nitrogens is 6. The van der Waals surface area contributed by atoms with Crippen LogP contribution in [0.3, 0.4) is 0 Å². The molecule has 3 aromatic heterocycles. The molecule has 0 bridgehead atoms. The normalized spacial score (nSPS) is 11.3. The van der Waals surface area contributed by atoms with E-state index in [1.807, 2.05) is 12.1 Å². The highest BCUT2D eigenvalue weighted by atomic mass is 35.5. The molecule has 0 saturated heterocycles. The topological polar surface area (TPSA) is 61.4 Å². The minimum atomic E-state index is 0.0907. The van der Waals surface area contributed by atoms with Gasteiger partial charge in [0.1, 0.15) is 6.33 Å². The summed E-state index contributed by atoms with van der Waals surface area (Å²) in [6.07, 6.45) is 4.99. The second-order valence-electron chi connectivity index (χ2n) is 4.65. The summed E-state index contributed by atoms with van der Waals surface area (Å²) in [6, 6.07) is 7.17. The third-order valence-corrected chi connectivity index (χ3v) is 3.93. The fourth-order valence-corrected chi connectivity index (χ4v) is 2.82. The Morgan fingerprint density at radius 2 is 1.70 bits per heavy atom. The van der Waals surface area contributed by atoms with Crippen LogP contribution in [0.1, 0.15) is 0 Å². The van der Waals surface area contributed by atoms with Crippen molar-refractivity contribution in [3.05, 3.63) is 58.6 Å². The first-order chi connectivity index (χ1) is 11.1. The Labute approximate surface area is 145 Å². The first kappa shape index (κ1) is 14.4. The fraction of sp³-hybridized carbons (Fsp3) is 0. The summed E-state index contributed by atoms with van der Waals surface area (Å²) in [6.45, 7) is 0. The molecule has 0 radical (unpaired) electrons. The van der Waals surface area contributed by atoms with Gasteiger partial charge >= 0.3 is 0 Å². The van der Waals surface area contributed by atoms with Gasteiger partial charge in [0, 0.05) is 17.4 Å². The number of benzene rings is 1. The Kier molecular flexibility index (Phi) is 3.45. The van der Waals surface area contributed by atoms with Gasteiger partial charge in [-0.2, -0.15) is 9.97 Å². The average Bonchev–Trinajstić information content (AvgIpc) is 3.15. The van der Waals surface area contributed by atoms with Crippen molar-refractivity contribution in [1.29, 1.82) is 0 Å². The van der Waals surface area contributed by atoms with Crippen molar-refractivity contribution in [1.82, 2.24) is 29.1 Å². The minimum absolute atomic E-state index is 0.0907. The molecule has 3 heterocycles. The number of halogens is 3. The van der Waals surface area contributed by atoms with E-state index in [2.05, 4.69) is 19.9 Å². The summed E-state index contributed by atoms with van der Waals surface area (Å²) in [7, 11) is 0. The molecular formula is C14H7Cl3N6. The highest BCUT2D eigenvalue weighted by molar-refractivity contribution is 6.31. The van der Waals surface area contributed by atoms with Crippen molar-refractivity contribution in [2.24, 2.45) is 0 Å². The van der Waals surface area contributed by atoms with Gasteiger partial charge in [0.25, 0.3) is 0 Å². The lowest BCUT2D eigenvalue weighted by molar-refractivity contribution is 0.983. The summed E-state index contributed by atoms with van der Waals surface area (Å²) in [4.78, 5) is 16.9. The van der Waals surface area contributed by atoms with E-state index in [0.717, 1.165) is 5.69 Å². The molecule has 0 aliphatic rings. The fourth-order valence-electron chi connectivity index (χ4n) is 2.27. The molecular weight excluding hydrogens is 359 g/mol. The van der Waals surface area contributed by atoms with Gasteiger partial charge in [-0.3, -0.25) is 9.13 Å². The van der Waals surface area contributed by atoms with E-state index in [-0.39, 0.29) is 10.6 Å². The van der Waals surface area contributed by atoms with E-state index in [0.29, 0.717) is 22.0 Å². The van der Waals surface area contributed by atoms with Gasteiger partial charge in [-0.25, -0.2) is 9.97 Å². The summed E-state index contributed by atoms with van der Waals surface area (Å²) in [5.74, 6) is 0.507. The molecule has 0 saturated carbocycles. The summed E-state index contributed by atoms with van der Waals surface area (Å²) >= 11 is 18.3.